The van der Waals surface area contributed by atoms with Crippen molar-refractivity contribution in [3.05, 3.63) is 0 Å². The first kappa shape index (κ1) is 12.7. The third kappa shape index (κ3) is 5.05. The lowest BCUT2D eigenvalue weighted by Gasteiger charge is -2.27. The second-order valence-corrected chi connectivity index (χ2v) is 3.90. The van der Waals surface area contributed by atoms with E-state index in [1.807, 2.05) is 18.9 Å². The van der Waals surface area contributed by atoms with E-state index in [1.165, 1.54) is 0 Å². The van der Waals surface area contributed by atoms with Gasteiger partial charge in [-0.05, 0) is 33.0 Å². The summed E-state index contributed by atoms with van der Waals surface area (Å²) in [4.78, 5) is 2.03. The van der Waals surface area contributed by atoms with Crippen molar-refractivity contribution in [3.63, 3.8) is 0 Å². The summed E-state index contributed by atoms with van der Waals surface area (Å²) >= 11 is 5.20. The summed E-state index contributed by atoms with van der Waals surface area (Å²) in [6, 6.07) is 0.688. The molecule has 0 radical (unpaired) electrons. The SMILES string of the molecule is COCC(C)NC(=S)N(C)C(C)C. The van der Waals surface area contributed by atoms with Crippen molar-refractivity contribution >= 4 is 17.3 Å². The lowest BCUT2D eigenvalue weighted by atomic mass is 10.3. The van der Waals surface area contributed by atoms with Crippen LogP contribution in [0.15, 0.2) is 0 Å². The molecular formula is C9H20N2OS. The van der Waals surface area contributed by atoms with Gasteiger partial charge in [-0.25, -0.2) is 0 Å². The molecule has 3 nitrogen and oxygen atoms in total. The van der Waals surface area contributed by atoms with E-state index in [4.69, 9.17) is 17.0 Å². The second kappa shape index (κ2) is 6.16. The minimum atomic E-state index is 0.263. The molecule has 1 N–H and O–H groups in total. The fourth-order valence-corrected chi connectivity index (χ4v) is 1.25. The van der Waals surface area contributed by atoms with E-state index in [9.17, 15) is 0 Å². The zero-order valence-electron chi connectivity index (χ0n) is 9.13. The standard InChI is InChI=1S/C9H20N2OS/c1-7(2)11(4)9(13)10-8(3)6-12-5/h7-8H,6H2,1-5H3,(H,10,13). The lowest BCUT2D eigenvalue weighted by molar-refractivity contribution is 0.178. The van der Waals surface area contributed by atoms with Gasteiger partial charge in [-0.2, -0.15) is 0 Å². The average molecular weight is 204 g/mol. The Kier molecular flexibility index (Phi) is 5.99. The molecule has 0 rings (SSSR count). The van der Waals surface area contributed by atoms with Crippen LogP contribution in [0.25, 0.3) is 0 Å². The maximum absolute atomic E-state index is 5.20. The smallest absolute Gasteiger partial charge is 0.169 e. The molecule has 1 atom stereocenters. The molecule has 78 valence electrons. The van der Waals surface area contributed by atoms with Crippen LogP contribution in [0.3, 0.4) is 0 Å². The number of thiocarbonyl (C=S) groups is 1. The third-order valence-electron chi connectivity index (χ3n) is 1.88. The summed E-state index contributed by atoms with van der Waals surface area (Å²) < 4.78 is 5.00. The van der Waals surface area contributed by atoms with Crippen LogP contribution in [0.5, 0.6) is 0 Å². The Balaban J connectivity index is 3.85. The highest BCUT2D eigenvalue weighted by Crippen LogP contribution is 1.95. The van der Waals surface area contributed by atoms with E-state index in [1.54, 1.807) is 7.11 Å². The summed E-state index contributed by atoms with van der Waals surface area (Å²) in [6.07, 6.45) is 0. The number of nitrogens with zero attached hydrogens (tertiary/aromatic N) is 1. The Labute approximate surface area is 86.4 Å². The average Bonchev–Trinajstić information content (AvgIpc) is 2.03. The number of hydrogen-bond acceptors (Lipinski definition) is 2. The van der Waals surface area contributed by atoms with Crippen LogP contribution in [-0.4, -0.2) is 42.9 Å². The molecule has 0 aromatic heterocycles. The van der Waals surface area contributed by atoms with Gasteiger partial charge < -0.3 is 15.0 Å². The highest BCUT2D eigenvalue weighted by atomic mass is 32.1. The van der Waals surface area contributed by atoms with Gasteiger partial charge in [0, 0.05) is 26.2 Å². The number of nitrogens with one attached hydrogen (secondary N) is 1. The molecule has 0 aliphatic heterocycles. The number of hydrogen-bond donors (Lipinski definition) is 1. The topological polar surface area (TPSA) is 24.5 Å². The van der Waals surface area contributed by atoms with E-state index in [0.717, 1.165) is 5.11 Å². The van der Waals surface area contributed by atoms with Crippen LogP contribution >= 0.6 is 12.2 Å². The van der Waals surface area contributed by atoms with E-state index < -0.39 is 0 Å². The molecular weight excluding hydrogens is 184 g/mol. The molecule has 13 heavy (non-hydrogen) atoms. The molecule has 1 unspecified atom stereocenters. The number of ether oxygens (including phenoxy) is 1. The van der Waals surface area contributed by atoms with Gasteiger partial charge in [-0.3, -0.25) is 0 Å². The first-order chi connectivity index (χ1) is 5.99. The Bertz CT molecular complexity index is 162. The van der Waals surface area contributed by atoms with Crippen molar-refractivity contribution in [3.8, 4) is 0 Å². The minimum absolute atomic E-state index is 0.263. The van der Waals surface area contributed by atoms with Gasteiger partial charge >= 0.3 is 0 Å². The van der Waals surface area contributed by atoms with Crippen molar-refractivity contribution < 1.29 is 4.74 Å². The van der Waals surface area contributed by atoms with E-state index in [-0.39, 0.29) is 6.04 Å². The van der Waals surface area contributed by atoms with Gasteiger partial charge in [-0.15, -0.1) is 0 Å². The van der Waals surface area contributed by atoms with Crippen LogP contribution in [-0.2, 0) is 4.74 Å². The van der Waals surface area contributed by atoms with Crippen molar-refractivity contribution in [1.29, 1.82) is 0 Å². The summed E-state index contributed by atoms with van der Waals surface area (Å²) in [5.74, 6) is 0. The molecule has 0 fully saturated rings. The minimum Gasteiger partial charge on any atom is -0.383 e. The van der Waals surface area contributed by atoms with Crippen LogP contribution in [0.1, 0.15) is 20.8 Å². The van der Waals surface area contributed by atoms with Crippen molar-refractivity contribution in [2.24, 2.45) is 0 Å². The molecule has 0 aromatic carbocycles. The normalized spacial score (nSPS) is 12.8. The molecule has 0 bridgehead atoms. The van der Waals surface area contributed by atoms with Crippen molar-refractivity contribution in [2.75, 3.05) is 20.8 Å². The van der Waals surface area contributed by atoms with E-state index in [0.29, 0.717) is 12.6 Å². The Hall–Kier alpha value is -0.350. The maximum atomic E-state index is 5.20. The second-order valence-electron chi connectivity index (χ2n) is 3.51. The summed E-state index contributed by atoms with van der Waals surface area (Å²) in [6.45, 7) is 6.93. The van der Waals surface area contributed by atoms with Crippen LogP contribution < -0.4 is 5.32 Å². The van der Waals surface area contributed by atoms with E-state index in [2.05, 4.69) is 19.2 Å². The van der Waals surface area contributed by atoms with Crippen LogP contribution in [0, 0.1) is 0 Å². The van der Waals surface area contributed by atoms with Gasteiger partial charge in [0.2, 0.25) is 0 Å². The fourth-order valence-electron chi connectivity index (χ4n) is 0.839. The van der Waals surface area contributed by atoms with Gasteiger partial charge in [0.1, 0.15) is 0 Å². The molecule has 0 spiro atoms. The molecule has 0 saturated heterocycles. The lowest BCUT2D eigenvalue weighted by Crippen LogP contribution is -2.45. The van der Waals surface area contributed by atoms with Crippen LogP contribution in [0.4, 0.5) is 0 Å². The Morgan fingerprint density at radius 2 is 2.00 bits per heavy atom. The molecule has 0 aliphatic rings. The maximum Gasteiger partial charge on any atom is 0.169 e. The quantitative estimate of drug-likeness (QED) is 0.696. The number of rotatable bonds is 4. The van der Waals surface area contributed by atoms with Gasteiger partial charge in [0.25, 0.3) is 0 Å². The first-order valence-electron chi connectivity index (χ1n) is 4.51. The molecule has 0 aliphatic carbocycles. The molecule has 0 amide bonds. The highest BCUT2D eigenvalue weighted by molar-refractivity contribution is 7.80. The van der Waals surface area contributed by atoms with Gasteiger partial charge in [0.15, 0.2) is 5.11 Å². The highest BCUT2D eigenvalue weighted by Gasteiger charge is 2.09. The summed E-state index contributed by atoms with van der Waals surface area (Å²) in [5.41, 5.74) is 0. The zero-order valence-corrected chi connectivity index (χ0v) is 9.94. The predicted molar refractivity (Wildman–Crippen MR) is 60.0 cm³/mol. The summed E-state index contributed by atoms with van der Waals surface area (Å²) in [7, 11) is 3.67. The molecule has 4 heteroatoms. The Morgan fingerprint density at radius 3 is 2.38 bits per heavy atom. The predicted octanol–water partition coefficient (Wildman–Crippen LogP) is 1.24. The van der Waals surface area contributed by atoms with Crippen LogP contribution in [0.2, 0.25) is 0 Å². The van der Waals surface area contributed by atoms with E-state index >= 15 is 0 Å². The largest absolute Gasteiger partial charge is 0.383 e. The molecule has 0 heterocycles. The monoisotopic (exact) mass is 204 g/mol. The van der Waals surface area contributed by atoms with Gasteiger partial charge in [0.05, 0.1) is 6.61 Å². The summed E-state index contributed by atoms with van der Waals surface area (Å²) in [5, 5.41) is 3.97. The third-order valence-corrected chi connectivity index (χ3v) is 2.29. The fraction of sp³-hybridized carbons (Fsp3) is 0.889. The molecule has 0 aromatic rings. The zero-order chi connectivity index (χ0) is 10.4. The van der Waals surface area contributed by atoms with Gasteiger partial charge in [-0.1, -0.05) is 0 Å². The molecule has 0 saturated carbocycles. The van der Waals surface area contributed by atoms with Crippen molar-refractivity contribution in [1.82, 2.24) is 10.2 Å². The number of methoxy groups -OCH3 is 1. The Morgan fingerprint density at radius 1 is 1.46 bits per heavy atom. The van der Waals surface area contributed by atoms with Crippen molar-refractivity contribution in [2.45, 2.75) is 32.9 Å². The first-order valence-corrected chi connectivity index (χ1v) is 4.92.